The molecule has 0 atom stereocenters. The third kappa shape index (κ3) is 5.14. The first kappa shape index (κ1) is 13.9. The number of rotatable bonds is 5. The summed E-state index contributed by atoms with van der Waals surface area (Å²) in [5, 5.41) is 10.5. The number of nitrogens with zero attached hydrogens (tertiary/aromatic N) is 1. The lowest BCUT2D eigenvalue weighted by Crippen LogP contribution is -2.04. The van der Waals surface area contributed by atoms with Crippen LogP contribution in [0.1, 0.15) is 0 Å². The quantitative estimate of drug-likeness (QED) is 0.467. The lowest BCUT2D eigenvalue weighted by molar-refractivity contribution is -0.385. The van der Waals surface area contributed by atoms with E-state index in [1.807, 2.05) is 0 Å². The lowest BCUT2D eigenvalue weighted by atomic mass is 10.3. The van der Waals surface area contributed by atoms with Crippen molar-refractivity contribution in [2.24, 2.45) is 0 Å². The van der Waals surface area contributed by atoms with Crippen LogP contribution in [0.25, 0.3) is 0 Å². The highest BCUT2D eigenvalue weighted by molar-refractivity contribution is 8.00. The van der Waals surface area contributed by atoms with E-state index in [0.29, 0.717) is 4.90 Å². The SMILES string of the molecule is CS(=O)(=O)CCSc1cc(F)cc([N+](=O)[O-])c1. The second-order valence-electron chi connectivity index (χ2n) is 3.38. The summed E-state index contributed by atoms with van der Waals surface area (Å²) in [6.45, 7) is 0. The van der Waals surface area contributed by atoms with Crippen molar-refractivity contribution in [3.05, 3.63) is 34.1 Å². The minimum absolute atomic E-state index is 0.0536. The Kier molecular flexibility index (Phi) is 4.47. The highest BCUT2D eigenvalue weighted by atomic mass is 32.2. The van der Waals surface area contributed by atoms with E-state index >= 15 is 0 Å². The van der Waals surface area contributed by atoms with Gasteiger partial charge in [0, 0.05) is 23.0 Å². The first-order chi connectivity index (χ1) is 7.78. The summed E-state index contributed by atoms with van der Waals surface area (Å²) in [5.41, 5.74) is -0.341. The number of hydrogen-bond donors (Lipinski definition) is 0. The Hall–Kier alpha value is -1.15. The summed E-state index contributed by atoms with van der Waals surface area (Å²) in [6, 6.07) is 3.18. The zero-order valence-electron chi connectivity index (χ0n) is 8.92. The van der Waals surface area contributed by atoms with Gasteiger partial charge < -0.3 is 0 Å². The van der Waals surface area contributed by atoms with Crippen molar-refractivity contribution in [3.63, 3.8) is 0 Å². The molecule has 1 aromatic carbocycles. The summed E-state index contributed by atoms with van der Waals surface area (Å²) in [6.07, 6.45) is 1.10. The molecule has 1 rings (SSSR count). The Balaban J connectivity index is 2.75. The Morgan fingerprint density at radius 1 is 1.41 bits per heavy atom. The van der Waals surface area contributed by atoms with Crippen LogP contribution >= 0.6 is 11.8 Å². The Morgan fingerprint density at radius 3 is 2.59 bits per heavy atom. The van der Waals surface area contributed by atoms with E-state index in [1.165, 1.54) is 6.07 Å². The van der Waals surface area contributed by atoms with Crippen LogP contribution in [0.2, 0.25) is 0 Å². The maximum absolute atomic E-state index is 13.0. The van der Waals surface area contributed by atoms with Gasteiger partial charge in [0.2, 0.25) is 0 Å². The lowest BCUT2D eigenvalue weighted by Gasteiger charge is -2.01. The van der Waals surface area contributed by atoms with Gasteiger partial charge >= 0.3 is 0 Å². The maximum Gasteiger partial charge on any atom is 0.273 e. The standard InChI is InChI=1S/C9H10FNO4S2/c1-17(14,15)3-2-16-9-5-7(10)4-8(6-9)11(12)13/h4-6H,2-3H2,1H3. The molecule has 0 heterocycles. The predicted molar refractivity (Wildman–Crippen MR) is 63.5 cm³/mol. The molecule has 0 aliphatic rings. The van der Waals surface area contributed by atoms with Crippen LogP contribution in [0.3, 0.4) is 0 Å². The molecule has 0 unspecified atom stereocenters. The molecule has 0 aliphatic carbocycles. The molecule has 94 valence electrons. The van der Waals surface area contributed by atoms with Gasteiger partial charge in [-0.2, -0.15) is 0 Å². The van der Waals surface area contributed by atoms with Crippen molar-refractivity contribution in [1.29, 1.82) is 0 Å². The minimum atomic E-state index is -3.08. The van der Waals surface area contributed by atoms with Gasteiger partial charge in [-0.25, -0.2) is 12.8 Å². The largest absolute Gasteiger partial charge is 0.273 e. The van der Waals surface area contributed by atoms with E-state index in [-0.39, 0.29) is 17.2 Å². The van der Waals surface area contributed by atoms with Gasteiger partial charge in [0.1, 0.15) is 15.7 Å². The van der Waals surface area contributed by atoms with Crippen LogP contribution in [0.5, 0.6) is 0 Å². The van der Waals surface area contributed by atoms with Gasteiger partial charge in [0.05, 0.1) is 16.7 Å². The van der Waals surface area contributed by atoms with Crippen LogP contribution in [-0.4, -0.2) is 31.1 Å². The van der Waals surface area contributed by atoms with Crippen molar-refractivity contribution >= 4 is 27.3 Å². The Morgan fingerprint density at radius 2 is 2.06 bits per heavy atom. The highest BCUT2D eigenvalue weighted by Gasteiger charge is 2.10. The number of nitro groups is 1. The monoisotopic (exact) mass is 279 g/mol. The fourth-order valence-electron chi connectivity index (χ4n) is 1.05. The second kappa shape index (κ2) is 5.46. The fourth-order valence-corrected chi connectivity index (χ4v) is 3.23. The molecule has 8 heteroatoms. The molecular weight excluding hydrogens is 269 g/mol. The molecule has 0 saturated carbocycles. The van der Waals surface area contributed by atoms with Gasteiger partial charge in [-0.15, -0.1) is 11.8 Å². The minimum Gasteiger partial charge on any atom is -0.258 e. The van der Waals surface area contributed by atoms with E-state index in [0.717, 1.165) is 30.2 Å². The Labute approximate surface area is 102 Å². The predicted octanol–water partition coefficient (Wildman–Crippen LogP) is 1.87. The van der Waals surface area contributed by atoms with Crippen molar-refractivity contribution in [3.8, 4) is 0 Å². The second-order valence-corrected chi connectivity index (χ2v) is 6.81. The molecule has 0 amide bonds. The van der Waals surface area contributed by atoms with Gasteiger partial charge in [-0.1, -0.05) is 0 Å². The number of sulfone groups is 1. The topological polar surface area (TPSA) is 77.3 Å². The number of thioether (sulfide) groups is 1. The van der Waals surface area contributed by atoms with Gasteiger partial charge in [0.15, 0.2) is 0 Å². The average molecular weight is 279 g/mol. The van der Waals surface area contributed by atoms with Crippen molar-refractivity contribution in [2.45, 2.75) is 4.90 Å². The first-order valence-corrected chi connectivity index (χ1v) is 7.58. The summed E-state index contributed by atoms with van der Waals surface area (Å²) in [7, 11) is -3.08. The highest BCUT2D eigenvalue weighted by Crippen LogP contribution is 2.24. The molecule has 1 aromatic rings. The molecular formula is C9H10FNO4S2. The molecule has 0 saturated heterocycles. The zero-order chi connectivity index (χ0) is 13.1. The summed E-state index contributed by atoms with van der Waals surface area (Å²) < 4.78 is 34.7. The molecule has 0 bridgehead atoms. The maximum atomic E-state index is 13.0. The summed E-state index contributed by atoms with van der Waals surface area (Å²) in [4.78, 5) is 10.1. The normalized spacial score (nSPS) is 11.4. The van der Waals surface area contributed by atoms with Crippen LogP contribution in [0.4, 0.5) is 10.1 Å². The average Bonchev–Trinajstić information content (AvgIpc) is 2.14. The third-order valence-electron chi connectivity index (χ3n) is 1.79. The summed E-state index contributed by atoms with van der Waals surface area (Å²) >= 11 is 1.07. The number of benzene rings is 1. The van der Waals surface area contributed by atoms with Crippen LogP contribution in [-0.2, 0) is 9.84 Å². The molecule has 0 fully saturated rings. The van der Waals surface area contributed by atoms with Gasteiger partial charge in [-0.3, -0.25) is 10.1 Å². The van der Waals surface area contributed by atoms with E-state index in [4.69, 9.17) is 0 Å². The molecule has 5 nitrogen and oxygen atoms in total. The summed E-state index contributed by atoms with van der Waals surface area (Å²) in [5.74, 6) is -0.525. The zero-order valence-corrected chi connectivity index (χ0v) is 10.6. The molecule has 0 aromatic heterocycles. The van der Waals surface area contributed by atoms with E-state index < -0.39 is 20.6 Å². The molecule has 0 spiro atoms. The molecule has 0 aliphatic heterocycles. The first-order valence-electron chi connectivity index (χ1n) is 4.53. The van der Waals surface area contributed by atoms with E-state index in [2.05, 4.69) is 0 Å². The Bertz CT molecular complexity index is 530. The van der Waals surface area contributed by atoms with Crippen molar-refractivity contribution in [1.82, 2.24) is 0 Å². The molecule has 0 radical (unpaired) electrons. The number of halogens is 1. The smallest absolute Gasteiger partial charge is 0.258 e. The van der Waals surface area contributed by atoms with Crippen molar-refractivity contribution < 1.29 is 17.7 Å². The van der Waals surface area contributed by atoms with Crippen molar-refractivity contribution in [2.75, 3.05) is 17.8 Å². The molecule has 0 N–H and O–H groups in total. The van der Waals surface area contributed by atoms with E-state index in [1.54, 1.807) is 0 Å². The van der Waals surface area contributed by atoms with Gasteiger partial charge in [-0.05, 0) is 6.07 Å². The van der Waals surface area contributed by atoms with Crippen LogP contribution in [0, 0.1) is 15.9 Å². The van der Waals surface area contributed by atoms with Gasteiger partial charge in [0.25, 0.3) is 5.69 Å². The molecule has 17 heavy (non-hydrogen) atoms. The van der Waals surface area contributed by atoms with Crippen LogP contribution < -0.4 is 0 Å². The fraction of sp³-hybridized carbons (Fsp3) is 0.333. The number of hydrogen-bond acceptors (Lipinski definition) is 5. The number of nitro benzene ring substituents is 1. The van der Waals surface area contributed by atoms with E-state index in [9.17, 15) is 22.9 Å². The van der Waals surface area contributed by atoms with Crippen LogP contribution in [0.15, 0.2) is 23.1 Å². The third-order valence-corrected chi connectivity index (χ3v) is 3.97. The number of non-ortho nitro benzene ring substituents is 1.